The molecule has 460 valence electrons. The van der Waals surface area contributed by atoms with E-state index in [2.05, 4.69) is 161 Å². The lowest BCUT2D eigenvalue weighted by atomic mass is 9.65. The van der Waals surface area contributed by atoms with Crippen molar-refractivity contribution in [2.45, 2.75) is 38.5 Å². The molecule has 0 radical (unpaired) electrons. The van der Waals surface area contributed by atoms with Crippen LogP contribution in [0, 0.1) is 73.0 Å². The molecule has 0 bridgehead atoms. The van der Waals surface area contributed by atoms with Crippen molar-refractivity contribution in [3.05, 3.63) is 303 Å². The van der Waals surface area contributed by atoms with Gasteiger partial charge in [-0.15, -0.1) is 22.7 Å². The number of carbonyl (C=O) groups is 2. The number of aryl methyl sites for hydroxylation is 4. The quantitative estimate of drug-likeness (QED) is 0.105. The van der Waals surface area contributed by atoms with Gasteiger partial charge in [-0.05, 0) is 131 Å². The second kappa shape index (κ2) is 22.1. The summed E-state index contributed by atoms with van der Waals surface area (Å²) in [6, 6.07) is 72.8. The van der Waals surface area contributed by atoms with Crippen LogP contribution in [0.1, 0.15) is 109 Å². The first-order valence-electron chi connectivity index (χ1n) is 31.4. The van der Waals surface area contributed by atoms with Gasteiger partial charge in [-0.25, -0.2) is 19.9 Å². The lowest BCUT2D eigenvalue weighted by Crippen LogP contribution is -2.30. The highest BCUT2D eigenvalue weighted by molar-refractivity contribution is 7.34. The molecule has 0 unspecified atom stereocenters. The van der Waals surface area contributed by atoms with E-state index < -0.39 is 10.8 Å². The SMILES string of the molecule is Cc1ccc(C2(c3ccc(C)cc3)c3cc(-c4nc5sc(/C=C6\C(=O)c7ccccc7C6=C(C#N)C#N)nc5s4)ccc3-c3cc4c(cc32)-c2sc3cc(-c5nc6sc(/C=C7\C(=O)c8ccccc8C7=C(C#N)C#N)nc6s5)sc3c2C4(c2ccc(C)cc2)c2ccc(C)cc2)cc1. The maximum atomic E-state index is 13.9. The summed E-state index contributed by atoms with van der Waals surface area (Å²) < 4.78 is 2.36. The molecular weight excluding hydrogens is 1320 g/mol. The van der Waals surface area contributed by atoms with Crippen LogP contribution in [0.2, 0.25) is 0 Å². The molecule has 4 aliphatic carbocycles. The van der Waals surface area contributed by atoms with Crippen LogP contribution in [0.4, 0.5) is 0 Å². The third-order valence-electron chi connectivity index (χ3n) is 19.4. The smallest absolute Gasteiger partial charge is 0.194 e. The minimum atomic E-state index is -0.804. The lowest BCUT2D eigenvalue weighted by Gasteiger charge is -2.36. The van der Waals surface area contributed by atoms with Gasteiger partial charge in [-0.1, -0.05) is 225 Å². The van der Waals surface area contributed by atoms with Crippen molar-refractivity contribution in [1.82, 2.24) is 19.9 Å². The molecule has 14 aromatic rings. The summed E-state index contributed by atoms with van der Waals surface area (Å²) >= 11 is 9.38. The van der Waals surface area contributed by atoms with Crippen molar-refractivity contribution in [2.24, 2.45) is 0 Å². The van der Waals surface area contributed by atoms with E-state index in [9.17, 15) is 30.6 Å². The Labute approximate surface area is 585 Å². The van der Waals surface area contributed by atoms with Crippen LogP contribution in [-0.2, 0) is 10.8 Å². The van der Waals surface area contributed by atoms with E-state index >= 15 is 0 Å². The van der Waals surface area contributed by atoms with Crippen molar-refractivity contribution in [2.75, 3.05) is 0 Å². The summed E-state index contributed by atoms with van der Waals surface area (Å²) in [6.45, 7) is 8.56. The molecule has 6 aromatic heterocycles. The number of rotatable bonds is 8. The number of benzene rings is 8. The summed E-state index contributed by atoms with van der Waals surface area (Å²) in [7, 11) is 0. The Hall–Kier alpha value is -11.3. The molecule has 0 fully saturated rings. The number of ketones is 2. The lowest BCUT2D eigenvalue weighted by molar-refractivity contribution is 0.103. The van der Waals surface area contributed by atoms with Gasteiger partial charge in [0.05, 0.1) is 20.4 Å². The third kappa shape index (κ3) is 8.54. The monoisotopic (exact) mass is 1360 g/mol. The summed E-state index contributed by atoms with van der Waals surface area (Å²) in [5.74, 6) is -0.502. The van der Waals surface area contributed by atoms with Crippen LogP contribution < -0.4 is 0 Å². The van der Waals surface area contributed by atoms with E-state index in [0.717, 1.165) is 83.4 Å². The number of hydrogen-bond acceptors (Lipinski definition) is 16. The molecule has 0 saturated carbocycles. The van der Waals surface area contributed by atoms with Crippen LogP contribution in [0.15, 0.2) is 204 Å². The van der Waals surface area contributed by atoms with Crippen LogP contribution in [0.25, 0.3) is 94.0 Å². The van der Waals surface area contributed by atoms with E-state index in [4.69, 9.17) is 19.9 Å². The number of Topliss-reactive ketones (excluding diaryl/α,β-unsaturated/α-hetero) is 2. The minimum Gasteiger partial charge on any atom is -0.289 e. The Morgan fingerprint density at radius 3 is 1.30 bits per heavy atom. The highest BCUT2D eigenvalue weighted by Crippen LogP contribution is 2.67. The molecule has 0 atom stereocenters. The molecule has 98 heavy (non-hydrogen) atoms. The number of fused-ring (bicyclic) bond motifs is 12. The molecule has 6 heterocycles. The van der Waals surface area contributed by atoms with Crippen molar-refractivity contribution in [3.63, 3.8) is 0 Å². The fourth-order valence-corrected chi connectivity index (χ4v) is 21.8. The number of aromatic nitrogens is 4. The average Bonchev–Trinajstić information content (AvgIpc) is 1.50. The van der Waals surface area contributed by atoms with Gasteiger partial charge >= 0.3 is 0 Å². The molecule has 10 nitrogen and oxygen atoms in total. The van der Waals surface area contributed by atoms with Crippen LogP contribution in [0.5, 0.6) is 0 Å². The van der Waals surface area contributed by atoms with Gasteiger partial charge in [0.25, 0.3) is 0 Å². The minimum absolute atomic E-state index is 0.118. The maximum Gasteiger partial charge on any atom is 0.194 e. The first-order chi connectivity index (χ1) is 47.8. The van der Waals surface area contributed by atoms with Crippen LogP contribution in [0.3, 0.4) is 0 Å². The Morgan fingerprint density at radius 1 is 0.398 bits per heavy atom. The number of thiophene rings is 2. The molecule has 0 saturated heterocycles. The highest BCUT2D eigenvalue weighted by atomic mass is 32.1. The number of thiazole rings is 4. The number of hydrogen-bond donors (Lipinski definition) is 0. The van der Waals surface area contributed by atoms with Gasteiger partial charge < -0.3 is 0 Å². The second-order valence-corrected chi connectivity index (χ2v) is 31.0. The van der Waals surface area contributed by atoms with E-state index in [1.807, 2.05) is 35.6 Å². The fourth-order valence-electron chi connectivity index (χ4n) is 15.0. The zero-order valence-electron chi connectivity index (χ0n) is 52.3. The van der Waals surface area contributed by atoms with Gasteiger partial charge in [0.15, 0.2) is 30.9 Å². The molecule has 0 spiro atoms. The largest absolute Gasteiger partial charge is 0.289 e. The first kappa shape index (κ1) is 59.2. The Balaban J connectivity index is 0.809. The Morgan fingerprint density at radius 2 is 0.816 bits per heavy atom. The van der Waals surface area contributed by atoms with E-state index in [1.165, 1.54) is 99.4 Å². The molecule has 4 aliphatic rings. The van der Waals surface area contributed by atoms with Gasteiger partial charge in [0.2, 0.25) is 0 Å². The summed E-state index contributed by atoms with van der Waals surface area (Å²) in [5.41, 5.74) is 19.9. The highest BCUT2D eigenvalue weighted by Gasteiger charge is 2.53. The van der Waals surface area contributed by atoms with Crippen molar-refractivity contribution >= 4 is 132 Å². The van der Waals surface area contributed by atoms with E-state index in [0.29, 0.717) is 43.4 Å². The number of allylic oxidation sites excluding steroid dienone is 6. The summed E-state index contributed by atoms with van der Waals surface area (Å²) in [6.07, 6.45) is 3.39. The zero-order chi connectivity index (χ0) is 66.6. The topological polar surface area (TPSA) is 181 Å². The van der Waals surface area contributed by atoms with Gasteiger partial charge in [0, 0.05) is 54.1 Å². The molecule has 0 amide bonds. The molecular formula is C82H44N8O2S6. The fraction of sp³-hybridized carbons (Fsp3) is 0.0732. The average molecular weight is 1370 g/mol. The molecule has 16 heteroatoms. The maximum absolute atomic E-state index is 13.9. The molecule has 18 rings (SSSR count). The first-order valence-corrected chi connectivity index (χ1v) is 36.3. The van der Waals surface area contributed by atoms with Gasteiger partial charge in [-0.3, -0.25) is 9.59 Å². The van der Waals surface area contributed by atoms with Gasteiger partial charge in [-0.2, -0.15) is 21.0 Å². The molecule has 0 aliphatic heterocycles. The van der Waals surface area contributed by atoms with Crippen LogP contribution in [-0.4, -0.2) is 31.5 Å². The Bertz CT molecular complexity index is 6060. The predicted octanol–water partition coefficient (Wildman–Crippen LogP) is 20.6. The molecule has 8 aromatic carbocycles. The number of nitriles is 4. The van der Waals surface area contributed by atoms with Gasteiger partial charge in [0.1, 0.15) is 55.5 Å². The predicted molar refractivity (Wildman–Crippen MR) is 396 cm³/mol. The van der Waals surface area contributed by atoms with Crippen molar-refractivity contribution < 1.29 is 9.59 Å². The van der Waals surface area contributed by atoms with E-state index in [1.54, 1.807) is 72.0 Å². The number of nitrogens with zero attached hydrogens (tertiary/aromatic N) is 8. The van der Waals surface area contributed by atoms with Crippen LogP contribution >= 0.6 is 68.0 Å². The zero-order valence-corrected chi connectivity index (χ0v) is 57.2. The number of carbonyl (C=O) groups excluding carboxylic acids is 2. The van der Waals surface area contributed by atoms with Crippen molar-refractivity contribution in [1.29, 1.82) is 21.0 Å². The third-order valence-corrected chi connectivity index (χ3v) is 26.1. The standard InChI is InChI=1S/C82H44N8O2S6/c1-41-13-22-48(23-14-41)81(49-24-15-42(2)16-25-49)61-31-45(75-89-79-77(97-75)87-66(95-79)34-59-68(46(37-83)38-84)53-9-5-7-11-55(53)71(59)91)21-30-52(61)57-32-63-58(33-62(57)81)73-70(82(63,50-26-17-43(3)18-27-50)51-28-19-44(4)20-29-51)74-64(93-73)36-65(94-74)76-90-80-78(98-76)88-67(96-80)35-60-69(47(39-85)40-86)54-10-6-8-12-56(54)72(60)92/h5-36H,1-4H3/b59-34-,60-35-. The van der Waals surface area contributed by atoms with Crippen molar-refractivity contribution in [3.8, 4) is 66.3 Å². The molecule has 0 N–H and O–H groups in total. The summed E-state index contributed by atoms with van der Waals surface area (Å²) in [4.78, 5) is 53.5. The Kier molecular flexibility index (Phi) is 13.4. The normalized spacial score (nSPS) is 15.1. The van der Waals surface area contributed by atoms with E-state index in [-0.39, 0.29) is 33.9 Å². The second-order valence-electron chi connectivity index (χ2n) is 25.0. The summed E-state index contributed by atoms with van der Waals surface area (Å²) in [5, 5.41) is 42.8.